The fourth-order valence-corrected chi connectivity index (χ4v) is 3.55. The van der Waals surface area contributed by atoms with Crippen molar-refractivity contribution in [3.05, 3.63) is 11.7 Å². The van der Waals surface area contributed by atoms with Gasteiger partial charge in [-0.05, 0) is 44.9 Å². The standard InChI is InChI=1S/C15H22N2O4/c1-9-7-10(11(8-9)13(18)19)12-16-14(17-21-12)15(2)5-3-4-6-20-15/h9-11H,3-8H2,1-2H3,(H,18,19). The van der Waals surface area contributed by atoms with Gasteiger partial charge in [0, 0.05) is 6.61 Å². The summed E-state index contributed by atoms with van der Waals surface area (Å²) in [5, 5.41) is 13.4. The van der Waals surface area contributed by atoms with Crippen LogP contribution in [0.4, 0.5) is 0 Å². The maximum Gasteiger partial charge on any atom is 0.307 e. The summed E-state index contributed by atoms with van der Waals surface area (Å²) in [5.41, 5.74) is -0.497. The average molecular weight is 294 g/mol. The second-order valence-corrected chi connectivity index (χ2v) is 6.62. The minimum absolute atomic E-state index is 0.175. The summed E-state index contributed by atoms with van der Waals surface area (Å²) in [6.45, 7) is 4.75. The highest BCUT2D eigenvalue weighted by atomic mass is 16.5. The highest BCUT2D eigenvalue weighted by Crippen LogP contribution is 2.43. The second-order valence-electron chi connectivity index (χ2n) is 6.62. The van der Waals surface area contributed by atoms with E-state index in [-0.39, 0.29) is 5.92 Å². The summed E-state index contributed by atoms with van der Waals surface area (Å²) in [6, 6.07) is 0. The molecule has 0 aromatic carbocycles. The summed E-state index contributed by atoms with van der Waals surface area (Å²) in [5.74, 6) is 0.00885. The van der Waals surface area contributed by atoms with E-state index in [1.807, 2.05) is 6.92 Å². The number of carboxylic acid groups (broad SMARTS) is 1. The molecule has 1 aromatic heterocycles. The Labute approximate surface area is 123 Å². The minimum Gasteiger partial charge on any atom is -0.481 e. The lowest BCUT2D eigenvalue weighted by atomic mass is 9.94. The molecular formula is C15H22N2O4. The van der Waals surface area contributed by atoms with Gasteiger partial charge >= 0.3 is 5.97 Å². The number of carboxylic acids is 1. The average Bonchev–Trinajstić information content (AvgIpc) is 3.06. The van der Waals surface area contributed by atoms with Crippen molar-refractivity contribution in [2.75, 3.05) is 6.61 Å². The van der Waals surface area contributed by atoms with Crippen LogP contribution in [0.25, 0.3) is 0 Å². The summed E-state index contributed by atoms with van der Waals surface area (Å²) in [4.78, 5) is 15.9. The molecule has 2 aliphatic rings. The number of aliphatic carboxylic acids is 1. The van der Waals surface area contributed by atoms with E-state index in [9.17, 15) is 9.90 Å². The first kappa shape index (κ1) is 14.5. The van der Waals surface area contributed by atoms with Crippen molar-refractivity contribution < 1.29 is 19.2 Å². The molecule has 4 atom stereocenters. The summed E-state index contributed by atoms with van der Waals surface area (Å²) in [7, 11) is 0. The number of carbonyl (C=O) groups is 1. The van der Waals surface area contributed by atoms with Crippen molar-refractivity contribution in [1.82, 2.24) is 10.1 Å². The smallest absolute Gasteiger partial charge is 0.307 e. The second kappa shape index (κ2) is 5.40. The normalized spacial score (nSPS) is 36.8. The number of ether oxygens (including phenoxy) is 1. The van der Waals surface area contributed by atoms with E-state index in [2.05, 4.69) is 17.1 Å². The highest BCUT2D eigenvalue weighted by molar-refractivity contribution is 5.71. The molecule has 4 unspecified atom stereocenters. The maximum atomic E-state index is 11.4. The topological polar surface area (TPSA) is 85.5 Å². The van der Waals surface area contributed by atoms with E-state index >= 15 is 0 Å². The van der Waals surface area contributed by atoms with E-state index in [1.54, 1.807) is 0 Å². The molecule has 6 nitrogen and oxygen atoms in total. The molecule has 1 saturated carbocycles. The quantitative estimate of drug-likeness (QED) is 0.922. The van der Waals surface area contributed by atoms with E-state index in [0.717, 1.165) is 25.7 Å². The maximum absolute atomic E-state index is 11.4. The van der Waals surface area contributed by atoms with Crippen LogP contribution in [0.3, 0.4) is 0 Å². The number of aromatic nitrogens is 2. The van der Waals surface area contributed by atoms with Crippen LogP contribution in [-0.4, -0.2) is 27.8 Å². The van der Waals surface area contributed by atoms with E-state index in [0.29, 0.717) is 30.7 Å². The van der Waals surface area contributed by atoms with Crippen molar-refractivity contribution >= 4 is 5.97 Å². The van der Waals surface area contributed by atoms with E-state index in [1.165, 1.54) is 0 Å². The van der Waals surface area contributed by atoms with Gasteiger partial charge in [0.05, 0.1) is 11.8 Å². The Hall–Kier alpha value is -1.43. The van der Waals surface area contributed by atoms with Gasteiger partial charge in [0.2, 0.25) is 11.7 Å². The van der Waals surface area contributed by atoms with Crippen molar-refractivity contribution in [2.24, 2.45) is 11.8 Å². The highest BCUT2D eigenvalue weighted by Gasteiger charge is 2.42. The molecule has 0 bridgehead atoms. The van der Waals surface area contributed by atoms with Crippen molar-refractivity contribution in [3.63, 3.8) is 0 Å². The van der Waals surface area contributed by atoms with Crippen LogP contribution < -0.4 is 0 Å². The third kappa shape index (κ3) is 2.69. The first-order valence-corrected chi connectivity index (χ1v) is 7.70. The van der Waals surface area contributed by atoms with Crippen LogP contribution in [-0.2, 0) is 15.1 Å². The number of hydrogen-bond acceptors (Lipinski definition) is 5. The summed E-state index contributed by atoms with van der Waals surface area (Å²) in [6.07, 6.45) is 4.47. The van der Waals surface area contributed by atoms with Gasteiger partial charge in [0.1, 0.15) is 5.60 Å². The Morgan fingerprint density at radius 1 is 1.38 bits per heavy atom. The Bertz CT molecular complexity index is 521. The van der Waals surface area contributed by atoms with Gasteiger partial charge in [-0.25, -0.2) is 0 Å². The molecule has 2 heterocycles. The van der Waals surface area contributed by atoms with Gasteiger partial charge in [0.25, 0.3) is 0 Å². The van der Waals surface area contributed by atoms with Crippen molar-refractivity contribution in [1.29, 1.82) is 0 Å². The molecule has 116 valence electrons. The van der Waals surface area contributed by atoms with Gasteiger partial charge < -0.3 is 14.4 Å². The lowest BCUT2D eigenvalue weighted by molar-refractivity contribution is -0.142. The molecule has 21 heavy (non-hydrogen) atoms. The number of hydrogen-bond donors (Lipinski definition) is 1. The van der Waals surface area contributed by atoms with Gasteiger partial charge in [-0.3, -0.25) is 4.79 Å². The molecule has 1 saturated heterocycles. The lowest BCUT2D eigenvalue weighted by Gasteiger charge is -2.30. The Kier molecular flexibility index (Phi) is 3.73. The fourth-order valence-electron chi connectivity index (χ4n) is 3.55. The Morgan fingerprint density at radius 2 is 2.19 bits per heavy atom. The van der Waals surface area contributed by atoms with Gasteiger partial charge in [-0.2, -0.15) is 4.98 Å². The first-order chi connectivity index (χ1) is 9.99. The van der Waals surface area contributed by atoms with Crippen LogP contribution in [0, 0.1) is 11.8 Å². The Balaban J connectivity index is 1.82. The van der Waals surface area contributed by atoms with Gasteiger partial charge in [-0.15, -0.1) is 0 Å². The molecule has 6 heteroatoms. The van der Waals surface area contributed by atoms with Gasteiger partial charge in [-0.1, -0.05) is 12.1 Å². The minimum atomic E-state index is -0.774. The molecule has 2 fully saturated rings. The fraction of sp³-hybridized carbons (Fsp3) is 0.800. The molecule has 0 spiro atoms. The van der Waals surface area contributed by atoms with Gasteiger partial charge in [0.15, 0.2) is 0 Å². The zero-order chi connectivity index (χ0) is 15.0. The lowest BCUT2D eigenvalue weighted by Crippen LogP contribution is -2.31. The van der Waals surface area contributed by atoms with Crippen LogP contribution >= 0.6 is 0 Å². The molecule has 0 amide bonds. The third-order valence-electron chi connectivity index (χ3n) is 4.82. The SMILES string of the molecule is CC1CC(C(=O)O)C(c2nc(C3(C)CCCCO3)no2)C1. The van der Waals surface area contributed by atoms with E-state index < -0.39 is 17.5 Å². The molecule has 1 aliphatic carbocycles. The zero-order valence-corrected chi connectivity index (χ0v) is 12.5. The summed E-state index contributed by atoms with van der Waals surface area (Å²) < 4.78 is 11.2. The molecule has 0 radical (unpaired) electrons. The largest absolute Gasteiger partial charge is 0.481 e. The number of nitrogens with zero attached hydrogens (tertiary/aromatic N) is 2. The van der Waals surface area contributed by atoms with Crippen molar-refractivity contribution in [3.8, 4) is 0 Å². The Morgan fingerprint density at radius 3 is 2.86 bits per heavy atom. The van der Waals surface area contributed by atoms with Crippen molar-refractivity contribution in [2.45, 2.75) is 57.5 Å². The predicted molar refractivity (Wildman–Crippen MR) is 73.7 cm³/mol. The van der Waals surface area contributed by atoms with Crippen LogP contribution in [0.1, 0.15) is 63.6 Å². The first-order valence-electron chi connectivity index (χ1n) is 7.70. The molecule has 1 aliphatic heterocycles. The number of rotatable bonds is 3. The molecule has 1 N–H and O–H groups in total. The molecule has 3 rings (SSSR count). The summed E-state index contributed by atoms with van der Waals surface area (Å²) >= 11 is 0. The van der Waals surface area contributed by atoms with Crippen LogP contribution in [0.5, 0.6) is 0 Å². The van der Waals surface area contributed by atoms with Crippen LogP contribution in [0.2, 0.25) is 0 Å². The monoisotopic (exact) mass is 294 g/mol. The van der Waals surface area contributed by atoms with Crippen LogP contribution in [0.15, 0.2) is 4.52 Å². The third-order valence-corrected chi connectivity index (χ3v) is 4.82. The van der Waals surface area contributed by atoms with E-state index in [4.69, 9.17) is 9.26 Å². The predicted octanol–water partition coefficient (Wildman–Crippen LogP) is 2.70. The molecular weight excluding hydrogens is 272 g/mol. The molecule has 1 aromatic rings. The zero-order valence-electron chi connectivity index (χ0n) is 12.5.